The lowest BCUT2D eigenvalue weighted by Crippen LogP contribution is -2.11. The van der Waals surface area contributed by atoms with Gasteiger partial charge in [-0.05, 0) is 19.1 Å². The zero-order valence-corrected chi connectivity index (χ0v) is 9.87. The zero-order chi connectivity index (χ0) is 13.7. The van der Waals surface area contributed by atoms with E-state index in [0.717, 1.165) is 19.2 Å². The van der Waals surface area contributed by atoms with Crippen LogP contribution in [0.4, 0.5) is 8.78 Å². The molecule has 1 rings (SSSR count). The summed E-state index contributed by atoms with van der Waals surface area (Å²) in [6.45, 7) is 1.65. The SMILES string of the molecule is CCOC(=O)c1c(C#N)ccc(C(F)F)c1OC. The number of halogens is 2. The fourth-order valence-corrected chi connectivity index (χ4v) is 1.49. The van der Waals surface area contributed by atoms with Gasteiger partial charge in [0, 0.05) is 0 Å². The van der Waals surface area contributed by atoms with Gasteiger partial charge in [-0.1, -0.05) is 0 Å². The fraction of sp³-hybridized carbons (Fsp3) is 0.333. The molecule has 0 spiro atoms. The van der Waals surface area contributed by atoms with Gasteiger partial charge >= 0.3 is 5.97 Å². The Hall–Kier alpha value is -2.16. The first kappa shape index (κ1) is 13.9. The molecule has 1 aromatic rings. The van der Waals surface area contributed by atoms with E-state index in [1.165, 1.54) is 0 Å². The number of ether oxygens (including phenoxy) is 2. The van der Waals surface area contributed by atoms with Crippen LogP contribution in [0.1, 0.15) is 34.8 Å². The Balaban J connectivity index is 3.47. The normalized spacial score (nSPS) is 10.0. The van der Waals surface area contributed by atoms with Crippen molar-refractivity contribution in [1.82, 2.24) is 0 Å². The molecular formula is C12H11F2NO3. The third-order valence-electron chi connectivity index (χ3n) is 2.23. The Bertz CT molecular complexity index is 495. The summed E-state index contributed by atoms with van der Waals surface area (Å²) in [4.78, 5) is 11.7. The minimum absolute atomic E-state index is 0.0605. The Kier molecular flexibility index (Phi) is 4.60. The van der Waals surface area contributed by atoms with Gasteiger partial charge in [-0.3, -0.25) is 0 Å². The van der Waals surface area contributed by atoms with Crippen LogP contribution in [0, 0.1) is 11.3 Å². The first-order chi connectivity index (χ1) is 8.56. The number of methoxy groups -OCH3 is 1. The molecule has 0 saturated heterocycles. The van der Waals surface area contributed by atoms with Crippen molar-refractivity contribution < 1.29 is 23.0 Å². The van der Waals surface area contributed by atoms with Crippen LogP contribution >= 0.6 is 0 Å². The summed E-state index contributed by atoms with van der Waals surface area (Å²) < 4.78 is 35.1. The number of alkyl halides is 2. The third kappa shape index (κ3) is 2.56. The van der Waals surface area contributed by atoms with Gasteiger partial charge in [0.15, 0.2) is 0 Å². The van der Waals surface area contributed by atoms with Crippen molar-refractivity contribution in [2.45, 2.75) is 13.3 Å². The lowest BCUT2D eigenvalue weighted by Gasteiger charge is -2.13. The molecule has 1 aromatic carbocycles. The molecule has 0 N–H and O–H groups in total. The molecule has 0 unspecified atom stereocenters. The number of carbonyl (C=O) groups excluding carboxylic acids is 1. The maximum absolute atomic E-state index is 12.8. The van der Waals surface area contributed by atoms with Gasteiger partial charge in [0.1, 0.15) is 17.4 Å². The summed E-state index contributed by atoms with van der Waals surface area (Å²) >= 11 is 0. The molecular weight excluding hydrogens is 244 g/mol. The van der Waals surface area contributed by atoms with Crippen LogP contribution in [0.5, 0.6) is 5.75 Å². The van der Waals surface area contributed by atoms with Crippen molar-refractivity contribution in [3.63, 3.8) is 0 Å². The second-order valence-electron chi connectivity index (χ2n) is 3.24. The Morgan fingerprint density at radius 3 is 2.61 bits per heavy atom. The van der Waals surface area contributed by atoms with E-state index in [1.807, 2.05) is 0 Å². The van der Waals surface area contributed by atoms with Crippen LogP contribution in [0.25, 0.3) is 0 Å². The second-order valence-corrected chi connectivity index (χ2v) is 3.24. The second kappa shape index (κ2) is 5.96. The molecule has 0 amide bonds. The van der Waals surface area contributed by atoms with Crippen LogP contribution < -0.4 is 4.74 Å². The van der Waals surface area contributed by atoms with Gasteiger partial charge in [-0.15, -0.1) is 0 Å². The Morgan fingerprint density at radius 2 is 2.17 bits per heavy atom. The number of esters is 1. The topological polar surface area (TPSA) is 59.3 Å². The maximum atomic E-state index is 12.8. The molecule has 0 radical (unpaired) electrons. The Labute approximate surface area is 103 Å². The lowest BCUT2D eigenvalue weighted by atomic mass is 10.0. The highest BCUT2D eigenvalue weighted by atomic mass is 19.3. The lowest BCUT2D eigenvalue weighted by molar-refractivity contribution is 0.0521. The predicted molar refractivity (Wildman–Crippen MR) is 58.6 cm³/mol. The molecule has 0 aliphatic heterocycles. The molecule has 0 aromatic heterocycles. The number of nitrogens with zero attached hydrogens (tertiary/aromatic N) is 1. The van der Waals surface area contributed by atoms with E-state index in [9.17, 15) is 13.6 Å². The van der Waals surface area contributed by atoms with E-state index in [0.29, 0.717) is 0 Å². The highest BCUT2D eigenvalue weighted by molar-refractivity contribution is 5.96. The molecule has 0 aliphatic carbocycles. The molecule has 0 fully saturated rings. The molecule has 6 heteroatoms. The maximum Gasteiger partial charge on any atom is 0.343 e. The van der Waals surface area contributed by atoms with Gasteiger partial charge in [-0.2, -0.15) is 5.26 Å². The molecule has 96 valence electrons. The molecule has 4 nitrogen and oxygen atoms in total. The largest absolute Gasteiger partial charge is 0.495 e. The number of hydrogen-bond acceptors (Lipinski definition) is 4. The van der Waals surface area contributed by atoms with Crippen molar-refractivity contribution in [2.75, 3.05) is 13.7 Å². The van der Waals surface area contributed by atoms with Crippen molar-refractivity contribution >= 4 is 5.97 Å². The van der Waals surface area contributed by atoms with Crippen molar-refractivity contribution in [3.8, 4) is 11.8 Å². The summed E-state index contributed by atoms with van der Waals surface area (Å²) in [7, 11) is 1.16. The smallest absolute Gasteiger partial charge is 0.343 e. The van der Waals surface area contributed by atoms with Crippen molar-refractivity contribution in [2.24, 2.45) is 0 Å². The summed E-state index contributed by atoms with van der Waals surface area (Å²) in [6.07, 6.45) is -2.80. The number of hydrogen-bond donors (Lipinski definition) is 0. The fourth-order valence-electron chi connectivity index (χ4n) is 1.49. The number of carbonyl (C=O) groups is 1. The van der Waals surface area contributed by atoms with Crippen LogP contribution in [-0.2, 0) is 4.74 Å². The minimum atomic E-state index is -2.80. The van der Waals surface area contributed by atoms with E-state index in [2.05, 4.69) is 0 Å². The number of rotatable bonds is 4. The standard InChI is InChI=1S/C12H11F2NO3/c1-3-18-12(16)9-7(6-15)4-5-8(11(13)14)10(9)17-2/h4-5,11H,3H2,1-2H3. The van der Waals surface area contributed by atoms with Crippen LogP contribution in [0.2, 0.25) is 0 Å². The summed E-state index contributed by atoms with van der Waals surface area (Å²) in [5.41, 5.74) is -0.770. The van der Waals surface area contributed by atoms with E-state index in [-0.39, 0.29) is 23.5 Å². The van der Waals surface area contributed by atoms with Crippen molar-refractivity contribution in [3.05, 3.63) is 28.8 Å². The summed E-state index contributed by atoms with van der Waals surface area (Å²) in [5.74, 6) is -1.17. The van der Waals surface area contributed by atoms with Crippen molar-refractivity contribution in [1.29, 1.82) is 5.26 Å². The molecule has 0 bridgehead atoms. The van der Waals surface area contributed by atoms with Gasteiger partial charge in [-0.25, -0.2) is 13.6 Å². The zero-order valence-electron chi connectivity index (χ0n) is 9.87. The molecule has 0 atom stereocenters. The summed E-state index contributed by atoms with van der Waals surface area (Å²) in [6, 6.07) is 3.96. The predicted octanol–water partition coefficient (Wildman–Crippen LogP) is 2.68. The van der Waals surface area contributed by atoms with Crippen LogP contribution in [0.15, 0.2) is 12.1 Å². The molecule has 0 heterocycles. The Morgan fingerprint density at radius 1 is 1.50 bits per heavy atom. The van der Waals surface area contributed by atoms with Gasteiger partial charge < -0.3 is 9.47 Å². The monoisotopic (exact) mass is 255 g/mol. The van der Waals surface area contributed by atoms with E-state index in [1.54, 1.807) is 13.0 Å². The number of benzene rings is 1. The third-order valence-corrected chi connectivity index (χ3v) is 2.23. The average molecular weight is 255 g/mol. The van der Waals surface area contributed by atoms with Gasteiger partial charge in [0.05, 0.1) is 24.8 Å². The van der Waals surface area contributed by atoms with E-state index < -0.39 is 18.0 Å². The van der Waals surface area contributed by atoms with E-state index >= 15 is 0 Å². The van der Waals surface area contributed by atoms with Crippen LogP contribution in [-0.4, -0.2) is 19.7 Å². The van der Waals surface area contributed by atoms with E-state index in [4.69, 9.17) is 14.7 Å². The van der Waals surface area contributed by atoms with Gasteiger partial charge in [0.2, 0.25) is 0 Å². The number of nitriles is 1. The molecule has 18 heavy (non-hydrogen) atoms. The highest BCUT2D eigenvalue weighted by Gasteiger charge is 2.25. The van der Waals surface area contributed by atoms with Crippen LogP contribution in [0.3, 0.4) is 0 Å². The first-order valence-corrected chi connectivity index (χ1v) is 5.13. The minimum Gasteiger partial charge on any atom is -0.495 e. The molecule has 0 saturated carbocycles. The quantitative estimate of drug-likeness (QED) is 0.776. The summed E-state index contributed by atoms with van der Waals surface area (Å²) in [5, 5.41) is 8.88. The van der Waals surface area contributed by atoms with Gasteiger partial charge in [0.25, 0.3) is 6.43 Å². The highest BCUT2D eigenvalue weighted by Crippen LogP contribution is 2.34. The first-order valence-electron chi connectivity index (χ1n) is 5.13. The molecule has 0 aliphatic rings. The average Bonchev–Trinajstić information content (AvgIpc) is 2.36.